The number of nitro benzene ring substituents is 1. The van der Waals surface area contributed by atoms with Crippen LogP contribution in [0.1, 0.15) is 10.4 Å². The van der Waals surface area contributed by atoms with Gasteiger partial charge in [-0.15, -0.1) is 0 Å². The zero-order valence-corrected chi connectivity index (χ0v) is 12.9. The Labute approximate surface area is 142 Å². The van der Waals surface area contributed by atoms with Gasteiger partial charge in [-0.2, -0.15) is 0 Å². The van der Waals surface area contributed by atoms with Crippen LogP contribution in [-0.4, -0.2) is 11.2 Å². The number of aldehydes is 1. The van der Waals surface area contributed by atoms with Gasteiger partial charge < -0.3 is 4.74 Å². The first-order valence-corrected chi connectivity index (χ1v) is 7.34. The van der Waals surface area contributed by atoms with Gasteiger partial charge in [-0.3, -0.25) is 14.9 Å². The summed E-state index contributed by atoms with van der Waals surface area (Å²) in [7, 11) is 0. The van der Waals surface area contributed by atoms with E-state index in [0.717, 1.165) is 11.1 Å². The van der Waals surface area contributed by atoms with Crippen molar-refractivity contribution in [3.8, 4) is 22.6 Å². The molecule has 0 amide bonds. The van der Waals surface area contributed by atoms with E-state index in [0.29, 0.717) is 12.0 Å². The third kappa shape index (κ3) is 3.69. The van der Waals surface area contributed by atoms with E-state index in [2.05, 4.69) is 0 Å². The molecule has 0 aliphatic carbocycles. The van der Waals surface area contributed by atoms with Crippen LogP contribution in [0.3, 0.4) is 0 Å². The van der Waals surface area contributed by atoms with Crippen LogP contribution in [0, 0.1) is 15.9 Å². The van der Waals surface area contributed by atoms with Gasteiger partial charge in [-0.05, 0) is 47.5 Å². The third-order valence-corrected chi connectivity index (χ3v) is 3.56. The standard InChI is InChI=1S/C19H12FNO4/c20-16-7-5-14(6-8-16)15-2-1-3-17(11-15)25-19-10-13(12-22)4-9-18(19)21(23)24/h1-12H. The first kappa shape index (κ1) is 16.3. The number of hydrogen-bond donors (Lipinski definition) is 0. The number of carbonyl (C=O) groups is 1. The van der Waals surface area contributed by atoms with Gasteiger partial charge in [0.15, 0.2) is 0 Å². The van der Waals surface area contributed by atoms with E-state index >= 15 is 0 Å². The molecular formula is C19H12FNO4. The summed E-state index contributed by atoms with van der Waals surface area (Å²) >= 11 is 0. The van der Waals surface area contributed by atoms with Crippen molar-refractivity contribution < 1.29 is 18.8 Å². The SMILES string of the molecule is O=Cc1ccc([N+](=O)[O-])c(Oc2cccc(-c3ccc(F)cc3)c2)c1. The van der Waals surface area contributed by atoms with Crippen molar-refractivity contribution in [3.63, 3.8) is 0 Å². The number of hydrogen-bond acceptors (Lipinski definition) is 4. The van der Waals surface area contributed by atoms with Crippen LogP contribution in [0.4, 0.5) is 10.1 Å². The Balaban J connectivity index is 1.96. The molecule has 3 aromatic rings. The van der Waals surface area contributed by atoms with Gasteiger partial charge in [0.25, 0.3) is 0 Å². The van der Waals surface area contributed by atoms with Crippen LogP contribution in [0.2, 0.25) is 0 Å². The highest BCUT2D eigenvalue weighted by Crippen LogP contribution is 2.33. The molecule has 0 heterocycles. The first-order chi connectivity index (χ1) is 12.1. The second kappa shape index (κ2) is 6.92. The Morgan fingerprint density at radius 1 is 0.960 bits per heavy atom. The summed E-state index contributed by atoms with van der Waals surface area (Å²) in [5.74, 6) is 0.0105. The monoisotopic (exact) mass is 337 g/mol. The number of ether oxygens (including phenoxy) is 1. The fourth-order valence-electron chi connectivity index (χ4n) is 2.35. The Bertz CT molecular complexity index is 938. The lowest BCUT2D eigenvalue weighted by atomic mass is 10.1. The fraction of sp³-hybridized carbons (Fsp3) is 0. The van der Waals surface area contributed by atoms with Gasteiger partial charge in [0.1, 0.15) is 17.9 Å². The maximum Gasteiger partial charge on any atom is 0.311 e. The molecule has 0 bridgehead atoms. The van der Waals surface area contributed by atoms with Gasteiger partial charge in [-0.25, -0.2) is 4.39 Å². The minimum absolute atomic E-state index is 0.0224. The van der Waals surface area contributed by atoms with Crippen molar-refractivity contribution >= 4 is 12.0 Å². The van der Waals surface area contributed by atoms with Gasteiger partial charge in [0, 0.05) is 11.6 Å². The Morgan fingerprint density at radius 3 is 2.40 bits per heavy atom. The average Bonchev–Trinajstić information content (AvgIpc) is 2.62. The second-order valence-electron chi connectivity index (χ2n) is 5.24. The number of carbonyl (C=O) groups excluding carboxylic acids is 1. The van der Waals surface area contributed by atoms with Gasteiger partial charge in [0.05, 0.1) is 4.92 Å². The molecule has 0 saturated carbocycles. The van der Waals surface area contributed by atoms with Crippen molar-refractivity contribution in [2.75, 3.05) is 0 Å². The predicted molar refractivity (Wildman–Crippen MR) is 90.4 cm³/mol. The second-order valence-corrected chi connectivity index (χ2v) is 5.24. The van der Waals surface area contributed by atoms with E-state index in [9.17, 15) is 19.3 Å². The first-order valence-electron chi connectivity index (χ1n) is 7.34. The highest BCUT2D eigenvalue weighted by atomic mass is 19.1. The minimum Gasteiger partial charge on any atom is -0.450 e. The van der Waals surface area contributed by atoms with E-state index in [1.165, 1.54) is 30.3 Å². The third-order valence-electron chi connectivity index (χ3n) is 3.56. The molecule has 6 heteroatoms. The molecular weight excluding hydrogens is 325 g/mol. The predicted octanol–water partition coefficient (Wildman–Crippen LogP) is 5.01. The van der Waals surface area contributed by atoms with E-state index in [1.807, 2.05) is 6.07 Å². The number of halogens is 1. The Kier molecular flexibility index (Phi) is 4.52. The molecule has 0 unspecified atom stereocenters. The van der Waals surface area contributed by atoms with Crippen LogP contribution in [-0.2, 0) is 0 Å². The molecule has 0 saturated heterocycles. The minimum atomic E-state index is -0.576. The summed E-state index contributed by atoms with van der Waals surface area (Å²) in [4.78, 5) is 21.5. The zero-order chi connectivity index (χ0) is 17.8. The summed E-state index contributed by atoms with van der Waals surface area (Å²) in [6, 6.07) is 16.7. The fourth-order valence-corrected chi connectivity index (χ4v) is 2.35. The molecule has 5 nitrogen and oxygen atoms in total. The summed E-state index contributed by atoms with van der Waals surface area (Å²) in [6.45, 7) is 0. The van der Waals surface area contributed by atoms with Gasteiger partial charge in [-0.1, -0.05) is 24.3 Å². The van der Waals surface area contributed by atoms with E-state index in [-0.39, 0.29) is 22.8 Å². The van der Waals surface area contributed by atoms with Gasteiger partial charge >= 0.3 is 5.69 Å². The maximum atomic E-state index is 13.0. The van der Waals surface area contributed by atoms with Crippen LogP contribution in [0.25, 0.3) is 11.1 Å². The van der Waals surface area contributed by atoms with Gasteiger partial charge in [0.2, 0.25) is 5.75 Å². The molecule has 0 spiro atoms. The number of nitrogens with zero attached hydrogens (tertiary/aromatic N) is 1. The quantitative estimate of drug-likeness (QED) is 0.373. The van der Waals surface area contributed by atoms with Crippen molar-refractivity contribution in [3.05, 3.63) is 88.2 Å². The Morgan fingerprint density at radius 2 is 1.72 bits per heavy atom. The summed E-state index contributed by atoms with van der Waals surface area (Å²) in [5.41, 5.74) is 1.59. The smallest absolute Gasteiger partial charge is 0.311 e. The van der Waals surface area contributed by atoms with Crippen molar-refractivity contribution in [2.24, 2.45) is 0 Å². The van der Waals surface area contributed by atoms with Crippen LogP contribution in [0.15, 0.2) is 66.7 Å². The van der Waals surface area contributed by atoms with Crippen molar-refractivity contribution in [1.82, 2.24) is 0 Å². The molecule has 25 heavy (non-hydrogen) atoms. The molecule has 124 valence electrons. The largest absolute Gasteiger partial charge is 0.450 e. The molecule has 0 aliphatic rings. The van der Waals surface area contributed by atoms with E-state index in [4.69, 9.17) is 4.74 Å². The molecule has 3 aromatic carbocycles. The van der Waals surface area contributed by atoms with Crippen molar-refractivity contribution in [2.45, 2.75) is 0 Å². The summed E-state index contributed by atoms with van der Waals surface area (Å²) in [5, 5.41) is 11.1. The molecule has 0 atom stereocenters. The number of nitro groups is 1. The topological polar surface area (TPSA) is 69.4 Å². The molecule has 0 radical (unpaired) electrons. The molecule has 0 aliphatic heterocycles. The average molecular weight is 337 g/mol. The van der Waals surface area contributed by atoms with Crippen LogP contribution < -0.4 is 4.74 Å². The van der Waals surface area contributed by atoms with Crippen LogP contribution >= 0.6 is 0 Å². The number of benzene rings is 3. The normalized spacial score (nSPS) is 10.3. The highest BCUT2D eigenvalue weighted by molar-refractivity contribution is 5.77. The lowest BCUT2D eigenvalue weighted by Gasteiger charge is -2.09. The molecule has 0 aromatic heterocycles. The maximum absolute atomic E-state index is 13.0. The molecule has 0 fully saturated rings. The molecule has 0 N–H and O–H groups in total. The highest BCUT2D eigenvalue weighted by Gasteiger charge is 2.16. The van der Waals surface area contributed by atoms with Crippen LogP contribution in [0.5, 0.6) is 11.5 Å². The summed E-state index contributed by atoms with van der Waals surface area (Å²) in [6.07, 6.45) is 0.589. The van der Waals surface area contributed by atoms with E-state index < -0.39 is 4.92 Å². The molecule has 3 rings (SSSR count). The van der Waals surface area contributed by atoms with E-state index in [1.54, 1.807) is 30.3 Å². The summed E-state index contributed by atoms with van der Waals surface area (Å²) < 4.78 is 18.7. The lowest BCUT2D eigenvalue weighted by molar-refractivity contribution is -0.385. The lowest BCUT2D eigenvalue weighted by Crippen LogP contribution is -1.95. The number of rotatable bonds is 5. The Hall–Kier alpha value is -3.54. The van der Waals surface area contributed by atoms with Crippen molar-refractivity contribution in [1.29, 1.82) is 0 Å². The zero-order valence-electron chi connectivity index (χ0n) is 12.9.